The summed E-state index contributed by atoms with van der Waals surface area (Å²) in [6, 6.07) is 0. The number of hydrogen-bond acceptors (Lipinski definition) is 4. The van der Waals surface area contributed by atoms with Crippen LogP contribution in [0.2, 0.25) is 0 Å². The van der Waals surface area contributed by atoms with Crippen molar-refractivity contribution in [2.75, 3.05) is 0 Å². The quantitative estimate of drug-likeness (QED) is 0.227. The van der Waals surface area contributed by atoms with Gasteiger partial charge >= 0.3 is 5.70 Å². The van der Waals surface area contributed by atoms with E-state index in [-0.39, 0.29) is 5.70 Å². The lowest BCUT2D eigenvalue weighted by molar-refractivity contribution is -0.416. The van der Waals surface area contributed by atoms with Crippen molar-refractivity contribution in [1.29, 1.82) is 5.41 Å². The minimum absolute atomic E-state index is 0.0301. The highest BCUT2D eigenvalue weighted by Crippen LogP contribution is 2.02. The Hall–Kier alpha value is -1.59. The van der Waals surface area contributed by atoms with Crippen LogP contribution in [-0.4, -0.2) is 10.8 Å². The molecule has 0 bridgehead atoms. The van der Waals surface area contributed by atoms with Gasteiger partial charge in [-0.05, 0) is 6.42 Å². The molecule has 0 fully saturated rings. The molecule has 0 spiro atoms. The number of allylic oxidation sites excluding steroid dienone is 1. The molecule has 0 atom stereocenters. The normalized spacial score (nSPS) is 12.1. The van der Waals surface area contributed by atoms with Gasteiger partial charge in [0.1, 0.15) is 0 Å². The SMILES string of the molecule is CC/C(N)=C(/C(=N)N)[N+](=O)[O-]. The second-order valence-corrected chi connectivity index (χ2v) is 1.90. The van der Waals surface area contributed by atoms with E-state index in [1.807, 2.05) is 0 Å². The smallest absolute Gasteiger partial charge is 0.328 e. The van der Waals surface area contributed by atoms with E-state index in [9.17, 15) is 10.1 Å². The van der Waals surface area contributed by atoms with E-state index in [2.05, 4.69) is 0 Å². The van der Waals surface area contributed by atoms with Crippen molar-refractivity contribution in [1.82, 2.24) is 0 Å². The third-order valence-corrected chi connectivity index (χ3v) is 1.12. The minimum atomic E-state index is -0.749. The van der Waals surface area contributed by atoms with Gasteiger partial charge in [-0.25, -0.2) is 0 Å². The lowest BCUT2D eigenvalue weighted by Gasteiger charge is -1.98. The van der Waals surface area contributed by atoms with Crippen LogP contribution in [0.1, 0.15) is 13.3 Å². The molecule has 5 N–H and O–H groups in total. The molecule has 6 nitrogen and oxygen atoms in total. The predicted molar refractivity (Wildman–Crippen MR) is 40.4 cm³/mol. The van der Waals surface area contributed by atoms with Crippen molar-refractivity contribution in [2.45, 2.75) is 13.3 Å². The maximum absolute atomic E-state index is 10.2. The van der Waals surface area contributed by atoms with Crippen LogP contribution in [0.15, 0.2) is 11.4 Å². The zero-order chi connectivity index (χ0) is 9.02. The molecule has 0 aromatic heterocycles. The van der Waals surface area contributed by atoms with Gasteiger partial charge in [0.05, 0.1) is 10.6 Å². The molecule has 0 aliphatic rings. The Balaban J connectivity index is 4.88. The highest BCUT2D eigenvalue weighted by Gasteiger charge is 2.18. The molecule has 0 radical (unpaired) electrons. The van der Waals surface area contributed by atoms with Crippen LogP contribution in [-0.2, 0) is 0 Å². The van der Waals surface area contributed by atoms with E-state index >= 15 is 0 Å². The zero-order valence-corrected chi connectivity index (χ0v) is 6.13. The number of hydrogen-bond donors (Lipinski definition) is 3. The maximum Gasteiger partial charge on any atom is 0.328 e. The standard InChI is InChI=1S/C5H10N4O2/c1-2-3(6)4(5(7)8)9(10)11/h2,6H2,1H3,(H3,7,8)/b4-3+. The lowest BCUT2D eigenvalue weighted by atomic mass is 10.2. The highest BCUT2D eigenvalue weighted by molar-refractivity contribution is 5.92. The molecule has 0 aliphatic carbocycles. The Morgan fingerprint density at radius 3 is 2.18 bits per heavy atom. The number of nitrogens with two attached hydrogens (primary N) is 2. The third-order valence-electron chi connectivity index (χ3n) is 1.12. The van der Waals surface area contributed by atoms with Crippen molar-refractivity contribution in [3.05, 3.63) is 21.5 Å². The van der Waals surface area contributed by atoms with Gasteiger partial charge in [0.15, 0.2) is 5.84 Å². The first-order valence-corrected chi connectivity index (χ1v) is 2.98. The Kier molecular flexibility index (Phi) is 3.03. The minimum Gasteiger partial charge on any atom is -0.396 e. The van der Waals surface area contributed by atoms with Crippen LogP contribution < -0.4 is 11.5 Å². The van der Waals surface area contributed by atoms with Crippen LogP contribution in [0, 0.1) is 15.5 Å². The van der Waals surface area contributed by atoms with Crippen LogP contribution in [0.5, 0.6) is 0 Å². The summed E-state index contributed by atoms with van der Waals surface area (Å²) in [6.45, 7) is 1.65. The number of nitrogens with one attached hydrogen (secondary N) is 1. The molecule has 0 saturated carbocycles. The van der Waals surface area contributed by atoms with Crippen LogP contribution in [0.3, 0.4) is 0 Å². The average Bonchev–Trinajstić information content (AvgIpc) is 1.85. The average molecular weight is 158 g/mol. The summed E-state index contributed by atoms with van der Waals surface area (Å²) < 4.78 is 0. The molecule has 62 valence electrons. The number of amidine groups is 1. The Bertz CT molecular complexity index is 205. The number of nitrogens with zero attached hydrogens (tertiary/aromatic N) is 1. The van der Waals surface area contributed by atoms with E-state index in [0.717, 1.165) is 0 Å². The molecular formula is C5H10N4O2. The van der Waals surface area contributed by atoms with E-state index in [4.69, 9.17) is 16.9 Å². The van der Waals surface area contributed by atoms with Gasteiger partial charge in [0, 0.05) is 0 Å². The molecule has 0 saturated heterocycles. The lowest BCUT2D eigenvalue weighted by Crippen LogP contribution is -2.23. The van der Waals surface area contributed by atoms with Crippen molar-refractivity contribution in [3.8, 4) is 0 Å². The Morgan fingerprint density at radius 2 is 2.09 bits per heavy atom. The third kappa shape index (κ3) is 2.24. The molecule has 6 heteroatoms. The largest absolute Gasteiger partial charge is 0.396 e. The van der Waals surface area contributed by atoms with Gasteiger partial charge in [-0.2, -0.15) is 0 Å². The number of rotatable bonds is 3. The van der Waals surface area contributed by atoms with Gasteiger partial charge in [-0.3, -0.25) is 15.5 Å². The summed E-state index contributed by atoms with van der Waals surface area (Å²) in [5.41, 5.74) is 9.69. The van der Waals surface area contributed by atoms with E-state index in [0.29, 0.717) is 6.42 Å². The summed E-state index contributed by atoms with van der Waals surface area (Å²) in [5, 5.41) is 17.0. The summed E-state index contributed by atoms with van der Waals surface area (Å²) in [7, 11) is 0. The second-order valence-electron chi connectivity index (χ2n) is 1.90. The predicted octanol–water partition coefficient (Wildman–Crippen LogP) is -0.221. The van der Waals surface area contributed by atoms with Crippen LogP contribution in [0.25, 0.3) is 0 Å². The summed E-state index contributed by atoms with van der Waals surface area (Å²) in [5.74, 6) is -0.602. The first-order chi connectivity index (χ1) is 5.00. The molecule has 0 rings (SSSR count). The van der Waals surface area contributed by atoms with E-state index in [1.165, 1.54) is 0 Å². The molecule has 0 unspecified atom stereocenters. The molecular weight excluding hydrogens is 148 g/mol. The fraction of sp³-hybridized carbons (Fsp3) is 0.400. The molecule has 0 aromatic rings. The Labute approximate surface area is 63.5 Å². The molecule has 11 heavy (non-hydrogen) atoms. The summed E-state index contributed by atoms with van der Waals surface area (Å²) in [4.78, 5) is 9.44. The monoisotopic (exact) mass is 158 g/mol. The topological polar surface area (TPSA) is 119 Å². The van der Waals surface area contributed by atoms with Crippen LogP contribution >= 0.6 is 0 Å². The first-order valence-electron chi connectivity index (χ1n) is 2.98. The van der Waals surface area contributed by atoms with Gasteiger partial charge in [-0.1, -0.05) is 6.92 Å². The molecule has 0 amide bonds. The first kappa shape index (κ1) is 9.41. The van der Waals surface area contributed by atoms with Crippen molar-refractivity contribution in [2.24, 2.45) is 11.5 Å². The zero-order valence-electron chi connectivity index (χ0n) is 6.13. The van der Waals surface area contributed by atoms with Crippen molar-refractivity contribution >= 4 is 5.84 Å². The highest BCUT2D eigenvalue weighted by atomic mass is 16.6. The Morgan fingerprint density at radius 1 is 1.64 bits per heavy atom. The second kappa shape index (κ2) is 3.55. The van der Waals surface area contributed by atoms with Crippen molar-refractivity contribution < 1.29 is 4.92 Å². The van der Waals surface area contributed by atoms with Gasteiger partial charge in [-0.15, -0.1) is 0 Å². The number of nitro groups is 1. The van der Waals surface area contributed by atoms with E-state index in [1.54, 1.807) is 6.92 Å². The molecule has 0 aliphatic heterocycles. The molecule has 0 heterocycles. The van der Waals surface area contributed by atoms with Crippen LogP contribution in [0.4, 0.5) is 0 Å². The van der Waals surface area contributed by atoms with Gasteiger partial charge in [0.2, 0.25) is 0 Å². The molecule has 0 aromatic carbocycles. The van der Waals surface area contributed by atoms with Gasteiger partial charge < -0.3 is 11.5 Å². The fourth-order valence-corrected chi connectivity index (χ4v) is 0.556. The van der Waals surface area contributed by atoms with Gasteiger partial charge in [0.25, 0.3) is 0 Å². The van der Waals surface area contributed by atoms with Crippen molar-refractivity contribution in [3.63, 3.8) is 0 Å². The van der Waals surface area contributed by atoms with E-state index < -0.39 is 16.5 Å². The maximum atomic E-state index is 10.2. The summed E-state index contributed by atoms with van der Waals surface area (Å²) >= 11 is 0. The fourth-order valence-electron chi connectivity index (χ4n) is 0.556. The summed E-state index contributed by atoms with van der Waals surface area (Å²) in [6.07, 6.45) is 0.315.